The third-order valence-electron chi connectivity index (χ3n) is 3.34. The summed E-state index contributed by atoms with van der Waals surface area (Å²) in [6, 6.07) is 0. The Labute approximate surface area is 91.6 Å². The zero-order chi connectivity index (χ0) is 9.68. The van der Waals surface area contributed by atoms with Crippen LogP contribution >= 0.6 is 15.9 Å². The first kappa shape index (κ1) is 11.6. The minimum Gasteiger partial charge on any atom is -0.0925 e. The van der Waals surface area contributed by atoms with E-state index in [2.05, 4.69) is 29.8 Å². The van der Waals surface area contributed by atoms with Crippen LogP contribution in [-0.4, -0.2) is 5.33 Å². The molecule has 0 aromatic heterocycles. The van der Waals surface area contributed by atoms with Gasteiger partial charge in [0.1, 0.15) is 0 Å². The first-order valence-corrected chi connectivity index (χ1v) is 6.90. The van der Waals surface area contributed by atoms with Crippen LogP contribution in [0.25, 0.3) is 0 Å². The van der Waals surface area contributed by atoms with Crippen molar-refractivity contribution in [2.24, 2.45) is 17.8 Å². The summed E-state index contributed by atoms with van der Waals surface area (Å²) in [6.45, 7) is 4.67. The van der Waals surface area contributed by atoms with E-state index in [1.807, 2.05) is 0 Å². The topological polar surface area (TPSA) is 0 Å². The average Bonchev–Trinajstić information content (AvgIpc) is 2.15. The molecule has 0 saturated heterocycles. The van der Waals surface area contributed by atoms with Gasteiger partial charge in [0.15, 0.2) is 0 Å². The van der Waals surface area contributed by atoms with Crippen molar-refractivity contribution in [2.45, 2.75) is 52.4 Å². The second-order valence-corrected chi connectivity index (χ2v) is 5.66. The van der Waals surface area contributed by atoms with Crippen LogP contribution in [0.4, 0.5) is 0 Å². The second-order valence-electron chi connectivity index (χ2n) is 5.01. The van der Waals surface area contributed by atoms with E-state index >= 15 is 0 Å². The maximum atomic E-state index is 3.59. The third-order valence-corrected chi connectivity index (χ3v) is 4.25. The van der Waals surface area contributed by atoms with Gasteiger partial charge in [-0.25, -0.2) is 0 Å². The van der Waals surface area contributed by atoms with E-state index in [4.69, 9.17) is 0 Å². The minimum atomic E-state index is 0.897. The molecule has 0 amide bonds. The molecule has 13 heavy (non-hydrogen) atoms. The fourth-order valence-corrected chi connectivity index (χ4v) is 2.89. The lowest BCUT2D eigenvalue weighted by molar-refractivity contribution is 0.269. The molecule has 1 rings (SSSR count). The van der Waals surface area contributed by atoms with E-state index < -0.39 is 0 Å². The molecule has 0 aromatic carbocycles. The predicted octanol–water partition coefficient (Wildman–Crippen LogP) is 4.62. The van der Waals surface area contributed by atoms with Gasteiger partial charge < -0.3 is 0 Å². The number of hydrogen-bond donors (Lipinski definition) is 0. The van der Waals surface area contributed by atoms with Crippen LogP contribution in [0, 0.1) is 17.8 Å². The largest absolute Gasteiger partial charge is 0.0925 e. The average molecular weight is 247 g/mol. The van der Waals surface area contributed by atoms with Crippen molar-refractivity contribution in [1.29, 1.82) is 0 Å². The quantitative estimate of drug-likeness (QED) is 0.635. The molecule has 0 atom stereocenters. The van der Waals surface area contributed by atoms with E-state index in [0.717, 1.165) is 17.8 Å². The number of rotatable bonds is 4. The van der Waals surface area contributed by atoms with Gasteiger partial charge in [0.25, 0.3) is 0 Å². The van der Waals surface area contributed by atoms with Crippen molar-refractivity contribution in [2.75, 3.05) is 5.33 Å². The van der Waals surface area contributed by atoms with Crippen LogP contribution in [0.3, 0.4) is 0 Å². The summed E-state index contributed by atoms with van der Waals surface area (Å²) < 4.78 is 0. The summed E-state index contributed by atoms with van der Waals surface area (Å²) in [5.74, 6) is 2.93. The van der Waals surface area contributed by atoms with E-state index in [-0.39, 0.29) is 0 Å². The van der Waals surface area contributed by atoms with Gasteiger partial charge in [-0.2, -0.15) is 0 Å². The summed E-state index contributed by atoms with van der Waals surface area (Å²) in [5, 5.41) is 1.23. The summed E-state index contributed by atoms with van der Waals surface area (Å²) in [5.41, 5.74) is 0. The van der Waals surface area contributed by atoms with Crippen molar-refractivity contribution < 1.29 is 0 Å². The number of halogens is 1. The Morgan fingerprint density at radius 1 is 1.08 bits per heavy atom. The highest BCUT2D eigenvalue weighted by molar-refractivity contribution is 9.09. The van der Waals surface area contributed by atoms with E-state index in [0.29, 0.717) is 0 Å². The zero-order valence-corrected chi connectivity index (χ0v) is 10.6. The lowest BCUT2D eigenvalue weighted by Gasteiger charge is -2.27. The molecule has 0 nitrogen and oxygen atoms in total. The molecule has 1 fully saturated rings. The molecule has 0 aromatic rings. The Hall–Kier alpha value is 0.480. The Kier molecular flexibility index (Phi) is 5.38. The Morgan fingerprint density at radius 3 is 2.08 bits per heavy atom. The standard InChI is InChI=1S/C12H23Br/c1-10(2)3-4-11-5-7-12(9-13)8-6-11/h10-12H,3-9H2,1-2H3. The van der Waals surface area contributed by atoms with Gasteiger partial charge in [-0.3, -0.25) is 0 Å². The molecule has 0 spiro atoms. The maximum Gasteiger partial charge on any atom is 0.00596 e. The summed E-state index contributed by atoms with van der Waals surface area (Å²) in [4.78, 5) is 0. The second kappa shape index (κ2) is 6.06. The first-order chi connectivity index (χ1) is 6.22. The molecular weight excluding hydrogens is 224 g/mol. The zero-order valence-electron chi connectivity index (χ0n) is 9.06. The predicted molar refractivity (Wildman–Crippen MR) is 63.3 cm³/mol. The monoisotopic (exact) mass is 246 g/mol. The molecule has 0 N–H and O–H groups in total. The highest BCUT2D eigenvalue weighted by Gasteiger charge is 2.19. The smallest absolute Gasteiger partial charge is 0.00596 e. The molecule has 78 valence electrons. The van der Waals surface area contributed by atoms with Crippen molar-refractivity contribution in [3.05, 3.63) is 0 Å². The Balaban J connectivity index is 2.10. The molecule has 0 aliphatic heterocycles. The van der Waals surface area contributed by atoms with Gasteiger partial charge in [-0.15, -0.1) is 0 Å². The third kappa shape index (κ3) is 4.49. The Bertz CT molecular complexity index is 123. The fourth-order valence-electron chi connectivity index (χ4n) is 2.24. The summed E-state index contributed by atoms with van der Waals surface area (Å²) in [6.07, 6.45) is 8.82. The fraction of sp³-hybridized carbons (Fsp3) is 1.00. The molecule has 1 saturated carbocycles. The van der Waals surface area contributed by atoms with E-state index in [1.165, 1.54) is 43.9 Å². The highest BCUT2D eigenvalue weighted by Crippen LogP contribution is 2.32. The van der Waals surface area contributed by atoms with Crippen molar-refractivity contribution in [3.63, 3.8) is 0 Å². The minimum absolute atomic E-state index is 0.897. The molecule has 0 unspecified atom stereocenters. The van der Waals surface area contributed by atoms with Gasteiger partial charge in [0.2, 0.25) is 0 Å². The van der Waals surface area contributed by atoms with Gasteiger partial charge in [-0.05, 0) is 30.6 Å². The Morgan fingerprint density at radius 2 is 1.62 bits per heavy atom. The van der Waals surface area contributed by atoms with E-state index in [1.54, 1.807) is 0 Å². The highest BCUT2D eigenvalue weighted by atomic mass is 79.9. The molecule has 1 aliphatic rings. The van der Waals surface area contributed by atoms with Gasteiger partial charge in [-0.1, -0.05) is 55.5 Å². The van der Waals surface area contributed by atoms with Gasteiger partial charge in [0, 0.05) is 5.33 Å². The summed E-state index contributed by atoms with van der Waals surface area (Å²) in [7, 11) is 0. The molecule has 0 bridgehead atoms. The van der Waals surface area contributed by atoms with Crippen LogP contribution < -0.4 is 0 Å². The lowest BCUT2D eigenvalue weighted by atomic mass is 9.80. The number of alkyl halides is 1. The van der Waals surface area contributed by atoms with Gasteiger partial charge in [0.05, 0.1) is 0 Å². The van der Waals surface area contributed by atoms with Crippen molar-refractivity contribution >= 4 is 15.9 Å². The molecule has 0 radical (unpaired) electrons. The van der Waals surface area contributed by atoms with E-state index in [9.17, 15) is 0 Å². The normalized spacial score (nSPS) is 29.5. The van der Waals surface area contributed by atoms with Crippen LogP contribution in [0.1, 0.15) is 52.4 Å². The number of hydrogen-bond acceptors (Lipinski definition) is 0. The van der Waals surface area contributed by atoms with Gasteiger partial charge >= 0.3 is 0 Å². The van der Waals surface area contributed by atoms with Crippen LogP contribution in [0.15, 0.2) is 0 Å². The van der Waals surface area contributed by atoms with Crippen molar-refractivity contribution in [1.82, 2.24) is 0 Å². The molecule has 1 aliphatic carbocycles. The molecule has 1 heteroatoms. The van der Waals surface area contributed by atoms with Crippen LogP contribution in [0.2, 0.25) is 0 Å². The van der Waals surface area contributed by atoms with Crippen molar-refractivity contribution in [3.8, 4) is 0 Å². The first-order valence-electron chi connectivity index (χ1n) is 5.78. The SMILES string of the molecule is CC(C)CCC1CCC(CBr)CC1. The van der Waals surface area contributed by atoms with Crippen LogP contribution in [0.5, 0.6) is 0 Å². The van der Waals surface area contributed by atoms with Crippen LogP contribution in [-0.2, 0) is 0 Å². The molecule has 0 heterocycles. The summed E-state index contributed by atoms with van der Waals surface area (Å²) >= 11 is 3.59. The maximum absolute atomic E-state index is 3.59. The molecular formula is C12H23Br. The lowest BCUT2D eigenvalue weighted by Crippen LogP contribution is -2.15.